The van der Waals surface area contributed by atoms with Gasteiger partial charge < -0.3 is 9.72 Å². The highest BCUT2D eigenvalue weighted by Gasteiger charge is 2.27. The fraction of sp³-hybridized carbons (Fsp3) is 0.200. The summed E-state index contributed by atoms with van der Waals surface area (Å²) in [5.41, 5.74) is 2.39. The molecule has 0 radical (unpaired) electrons. The highest BCUT2D eigenvalue weighted by Crippen LogP contribution is 2.38. The number of methoxy groups -OCH3 is 1. The van der Waals surface area contributed by atoms with E-state index < -0.39 is 27.8 Å². The number of fused-ring (bicyclic) bond motifs is 1. The number of benzene rings is 3. The second-order valence-electron chi connectivity index (χ2n) is 7.87. The lowest BCUT2D eigenvalue weighted by atomic mass is 9.97. The van der Waals surface area contributed by atoms with E-state index in [1.54, 1.807) is 25.3 Å². The molecule has 0 aliphatic rings. The van der Waals surface area contributed by atoms with Crippen molar-refractivity contribution in [1.29, 1.82) is 0 Å². The molecular formula is C25H23ClF2N2O3S. The average Bonchev–Trinajstić information content (AvgIpc) is 3.22. The summed E-state index contributed by atoms with van der Waals surface area (Å²) >= 11 is 5.99. The number of nitrogens with one attached hydrogen (secondary N) is 2. The average molecular weight is 505 g/mol. The summed E-state index contributed by atoms with van der Waals surface area (Å²) in [6, 6.07) is 15.1. The van der Waals surface area contributed by atoms with Crippen molar-refractivity contribution >= 4 is 38.2 Å². The monoisotopic (exact) mass is 504 g/mol. The first-order chi connectivity index (χ1) is 16.2. The fourth-order valence-corrected chi connectivity index (χ4v) is 5.22. The third kappa shape index (κ3) is 4.80. The molecule has 4 rings (SSSR count). The molecule has 34 heavy (non-hydrogen) atoms. The van der Waals surface area contributed by atoms with Crippen molar-refractivity contribution in [2.45, 2.75) is 19.4 Å². The van der Waals surface area contributed by atoms with Gasteiger partial charge >= 0.3 is 0 Å². The van der Waals surface area contributed by atoms with E-state index in [4.69, 9.17) is 16.3 Å². The molecule has 0 saturated heterocycles. The molecule has 1 atom stereocenters. The second-order valence-corrected chi connectivity index (χ2v) is 10.1. The third-order valence-corrected chi connectivity index (χ3v) is 7.27. The molecule has 0 bridgehead atoms. The summed E-state index contributed by atoms with van der Waals surface area (Å²) in [6.07, 6.45) is 0.874. The van der Waals surface area contributed by atoms with E-state index in [9.17, 15) is 12.8 Å². The zero-order valence-electron chi connectivity index (χ0n) is 18.5. The van der Waals surface area contributed by atoms with Gasteiger partial charge in [0.15, 0.2) is 5.82 Å². The number of aromatic amines is 1. The SMILES string of the molecule is CCCS(=O)(=O)Nc1ccc(F)c([C@@H](OC)c2c[nH]c3ccc(-c4ccc(Cl)cc4)cc23)c1F. The van der Waals surface area contributed by atoms with Crippen LogP contribution in [-0.4, -0.2) is 26.3 Å². The van der Waals surface area contributed by atoms with Crippen LogP contribution in [0.4, 0.5) is 14.5 Å². The molecule has 9 heteroatoms. The van der Waals surface area contributed by atoms with Gasteiger partial charge in [0.25, 0.3) is 0 Å². The molecule has 2 N–H and O–H groups in total. The molecule has 1 heterocycles. The Labute approximate surface area is 201 Å². The first-order valence-corrected chi connectivity index (χ1v) is 12.6. The van der Waals surface area contributed by atoms with Crippen molar-refractivity contribution in [2.24, 2.45) is 0 Å². The maximum Gasteiger partial charge on any atom is 0.232 e. The molecule has 0 fully saturated rings. The minimum absolute atomic E-state index is 0.178. The van der Waals surface area contributed by atoms with Gasteiger partial charge in [-0.3, -0.25) is 4.72 Å². The predicted octanol–water partition coefficient (Wildman–Crippen LogP) is 6.65. The van der Waals surface area contributed by atoms with Crippen molar-refractivity contribution in [3.8, 4) is 11.1 Å². The fourth-order valence-electron chi connectivity index (χ4n) is 3.96. The molecule has 0 spiro atoms. The smallest absolute Gasteiger partial charge is 0.232 e. The van der Waals surface area contributed by atoms with E-state index in [0.717, 1.165) is 34.2 Å². The molecule has 0 unspecified atom stereocenters. The molecule has 0 aliphatic carbocycles. The number of sulfonamides is 1. The molecule has 1 aromatic heterocycles. The normalized spacial score (nSPS) is 12.7. The van der Waals surface area contributed by atoms with Crippen molar-refractivity contribution < 1.29 is 21.9 Å². The zero-order valence-corrected chi connectivity index (χ0v) is 20.1. The summed E-state index contributed by atoms with van der Waals surface area (Å²) < 4.78 is 62.4. The molecule has 4 aromatic rings. The van der Waals surface area contributed by atoms with Crippen molar-refractivity contribution in [3.05, 3.63) is 88.6 Å². The minimum Gasteiger partial charge on any atom is -0.372 e. The van der Waals surface area contributed by atoms with Crippen LogP contribution in [0, 0.1) is 11.6 Å². The van der Waals surface area contributed by atoms with E-state index in [1.165, 1.54) is 7.11 Å². The molecule has 0 amide bonds. The summed E-state index contributed by atoms with van der Waals surface area (Å²) in [4.78, 5) is 3.11. The van der Waals surface area contributed by atoms with Crippen LogP contribution in [-0.2, 0) is 14.8 Å². The first kappa shape index (κ1) is 24.2. The first-order valence-electron chi connectivity index (χ1n) is 10.6. The van der Waals surface area contributed by atoms with Crippen LogP contribution in [0.15, 0.2) is 60.8 Å². The minimum atomic E-state index is -3.77. The maximum absolute atomic E-state index is 15.4. The number of hydrogen-bond donors (Lipinski definition) is 2. The van der Waals surface area contributed by atoms with E-state index in [-0.39, 0.29) is 17.0 Å². The molecule has 3 aromatic carbocycles. The van der Waals surface area contributed by atoms with Crippen LogP contribution in [0.1, 0.15) is 30.6 Å². The lowest BCUT2D eigenvalue weighted by Crippen LogP contribution is -2.18. The summed E-state index contributed by atoms with van der Waals surface area (Å²) in [5.74, 6) is -2.04. The molecule has 0 saturated carbocycles. The molecule has 178 valence electrons. The summed E-state index contributed by atoms with van der Waals surface area (Å²) in [5, 5.41) is 1.34. The Morgan fingerprint density at radius 1 is 1.06 bits per heavy atom. The Kier molecular flexibility index (Phi) is 6.93. The summed E-state index contributed by atoms with van der Waals surface area (Å²) in [6.45, 7) is 1.70. The second kappa shape index (κ2) is 9.74. The van der Waals surface area contributed by atoms with E-state index in [0.29, 0.717) is 17.0 Å². The van der Waals surface area contributed by atoms with Crippen LogP contribution in [0.3, 0.4) is 0 Å². The van der Waals surface area contributed by atoms with Gasteiger partial charge in [0.05, 0.1) is 17.0 Å². The van der Waals surface area contributed by atoms with Crippen molar-refractivity contribution in [3.63, 3.8) is 0 Å². The van der Waals surface area contributed by atoms with Gasteiger partial charge in [-0.25, -0.2) is 17.2 Å². The van der Waals surface area contributed by atoms with Crippen LogP contribution >= 0.6 is 11.6 Å². The van der Waals surface area contributed by atoms with E-state index >= 15 is 4.39 Å². The van der Waals surface area contributed by atoms with Crippen LogP contribution in [0.25, 0.3) is 22.0 Å². The van der Waals surface area contributed by atoms with Crippen molar-refractivity contribution in [1.82, 2.24) is 4.98 Å². The highest BCUT2D eigenvalue weighted by molar-refractivity contribution is 7.92. The van der Waals surface area contributed by atoms with Gasteiger partial charge in [0.1, 0.15) is 11.9 Å². The maximum atomic E-state index is 15.4. The number of hydrogen-bond acceptors (Lipinski definition) is 3. The Balaban J connectivity index is 1.81. The lowest BCUT2D eigenvalue weighted by Gasteiger charge is -2.19. The third-order valence-electron chi connectivity index (χ3n) is 5.54. The van der Waals surface area contributed by atoms with Gasteiger partial charge in [0, 0.05) is 34.8 Å². The Bertz CT molecular complexity index is 1440. The van der Waals surface area contributed by atoms with Crippen molar-refractivity contribution in [2.75, 3.05) is 17.6 Å². The number of rotatable bonds is 8. The van der Waals surface area contributed by atoms with Gasteiger partial charge in [-0.15, -0.1) is 0 Å². The van der Waals surface area contributed by atoms with Gasteiger partial charge in [-0.05, 0) is 53.9 Å². The number of aromatic nitrogens is 1. The molecule has 0 aliphatic heterocycles. The number of anilines is 1. The molecule has 5 nitrogen and oxygen atoms in total. The van der Waals surface area contributed by atoms with E-state index in [1.807, 2.05) is 30.3 Å². The standard InChI is InChI=1S/C25H23ClF2N2O3S/c1-3-12-34(31,32)30-22-11-9-20(27)23(24(22)28)25(33-2)19-14-29-21-10-6-16(13-18(19)21)15-4-7-17(26)8-5-15/h4-11,13-14,25,29-30H,3,12H2,1-2H3/t25-/m0/s1. The highest BCUT2D eigenvalue weighted by atomic mass is 35.5. The largest absolute Gasteiger partial charge is 0.372 e. The van der Waals surface area contributed by atoms with Gasteiger partial charge in [-0.2, -0.15) is 0 Å². The molecular weight excluding hydrogens is 482 g/mol. The van der Waals surface area contributed by atoms with E-state index in [2.05, 4.69) is 9.71 Å². The lowest BCUT2D eigenvalue weighted by molar-refractivity contribution is 0.130. The van der Waals surface area contributed by atoms with Gasteiger partial charge in [-0.1, -0.05) is 36.7 Å². The van der Waals surface area contributed by atoms with Crippen LogP contribution in [0.5, 0.6) is 0 Å². The predicted molar refractivity (Wildman–Crippen MR) is 132 cm³/mol. The van der Waals surface area contributed by atoms with Crippen LogP contribution in [0.2, 0.25) is 5.02 Å². The quantitative estimate of drug-likeness (QED) is 0.282. The number of halogens is 3. The topological polar surface area (TPSA) is 71.2 Å². The number of ether oxygens (including phenoxy) is 1. The van der Waals surface area contributed by atoms with Crippen LogP contribution < -0.4 is 4.72 Å². The zero-order chi connectivity index (χ0) is 24.5. The number of H-pyrrole nitrogens is 1. The summed E-state index contributed by atoms with van der Waals surface area (Å²) in [7, 11) is -2.42. The Hall–Kier alpha value is -2.94. The Morgan fingerprint density at radius 2 is 1.76 bits per heavy atom. The Morgan fingerprint density at radius 3 is 2.44 bits per heavy atom. The van der Waals surface area contributed by atoms with Gasteiger partial charge in [0.2, 0.25) is 10.0 Å².